The molecule has 0 spiro atoms. The molecule has 1 unspecified atom stereocenters. The molecular formula is C29H30F3N5O4S. The van der Waals surface area contributed by atoms with Gasteiger partial charge in [0.15, 0.2) is 0 Å². The number of fused-ring (bicyclic) bond motifs is 1. The number of aryl methyl sites for hydroxylation is 1. The van der Waals surface area contributed by atoms with Crippen molar-refractivity contribution in [1.29, 1.82) is 0 Å². The second-order valence-electron chi connectivity index (χ2n) is 11.2. The van der Waals surface area contributed by atoms with E-state index >= 15 is 0 Å². The van der Waals surface area contributed by atoms with E-state index in [0.717, 1.165) is 24.2 Å². The smallest absolute Gasteiger partial charge is 0.416 e. The number of benzene rings is 2. The van der Waals surface area contributed by atoms with Crippen LogP contribution in [-0.4, -0.2) is 50.6 Å². The van der Waals surface area contributed by atoms with Gasteiger partial charge < -0.3 is 9.67 Å². The molecular weight excluding hydrogens is 571 g/mol. The lowest BCUT2D eigenvalue weighted by atomic mass is 9.99. The first-order valence-corrected chi connectivity index (χ1v) is 15.0. The van der Waals surface area contributed by atoms with Crippen LogP contribution >= 0.6 is 10.8 Å². The molecule has 42 heavy (non-hydrogen) atoms. The van der Waals surface area contributed by atoms with E-state index in [1.54, 1.807) is 30.1 Å². The Bertz CT molecular complexity index is 1670. The zero-order valence-corrected chi connectivity index (χ0v) is 23.7. The first-order valence-electron chi connectivity index (χ1n) is 13.5. The van der Waals surface area contributed by atoms with Crippen molar-refractivity contribution in [3.05, 3.63) is 94.6 Å². The Labute approximate surface area is 241 Å². The van der Waals surface area contributed by atoms with Gasteiger partial charge in [0.25, 0.3) is 0 Å². The van der Waals surface area contributed by atoms with E-state index in [4.69, 9.17) is 0 Å². The minimum Gasteiger partial charge on any atom is -0.478 e. The van der Waals surface area contributed by atoms with Gasteiger partial charge in [-0.3, -0.25) is 13.8 Å². The molecule has 0 amide bonds. The number of hydrogen-bond donors (Lipinski definition) is 3. The van der Waals surface area contributed by atoms with Crippen LogP contribution in [0.5, 0.6) is 0 Å². The number of carboxylic acid groups (broad SMARTS) is 1. The monoisotopic (exact) mass is 601 g/mol. The molecule has 1 fully saturated rings. The average molecular weight is 602 g/mol. The molecule has 3 heterocycles. The highest BCUT2D eigenvalue weighted by molar-refractivity contribution is 8.22. The normalized spacial score (nSPS) is 22.8. The number of aromatic carboxylic acids is 1. The summed E-state index contributed by atoms with van der Waals surface area (Å²) in [6, 6.07) is 12.0. The van der Waals surface area contributed by atoms with E-state index < -0.39 is 28.5 Å². The van der Waals surface area contributed by atoms with Crippen LogP contribution in [0.15, 0.2) is 65.8 Å². The van der Waals surface area contributed by atoms with Gasteiger partial charge in [0, 0.05) is 55.7 Å². The molecule has 2 aliphatic rings. The number of hydrogen-bond acceptors (Lipinski definition) is 6. The number of aromatic nitrogens is 4. The van der Waals surface area contributed by atoms with Crippen LogP contribution in [0.3, 0.4) is 0 Å². The third-order valence-electron chi connectivity index (χ3n) is 7.98. The molecule has 1 saturated carbocycles. The van der Waals surface area contributed by atoms with Crippen LogP contribution in [0, 0.1) is 5.92 Å². The van der Waals surface area contributed by atoms with E-state index in [1.807, 2.05) is 35.9 Å². The first kappa shape index (κ1) is 28.5. The van der Waals surface area contributed by atoms with Crippen molar-refractivity contribution in [3.8, 4) is 5.69 Å². The molecule has 9 nitrogen and oxygen atoms in total. The Hall–Kier alpha value is -3.65. The largest absolute Gasteiger partial charge is 0.478 e. The van der Waals surface area contributed by atoms with Gasteiger partial charge >= 0.3 is 12.1 Å². The second-order valence-corrected chi connectivity index (χ2v) is 13.2. The summed E-state index contributed by atoms with van der Waals surface area (Å²) in [4.78, 5) is 12.0. The van der Waals surface area contributed by atoms with Gasteiger partial charge in [-0.25, -0.2) is 4.79 Å². The molecule has 3 atom stereocenters. The third-order valence-corrected chi connectivity index (χ3v) is 9.95. The molecule has 3 N–H and O–H groups in total. The summed E-state index contributed by atoms with van der Waals surface area (Å²) in [5.74, 6) is -1.10. The van der Waals surface area contributed by atoms with Crippen molar-refractivity contribution in [2.75, 3.05) is 6.54 Å². The number of carbonyl (C=O) groups is 1. The Balaban J connectivity index is 1.33. The molecule has 2 aromatic heterocycles. The molecule has 2 aromatic carbocycles. The maximum Gasteiger partial charge on any atom is 0.416 e. The van der Waals surface area contributed by atoms with Crippen LogP contribution < -0.4 is 0 Å². The van der Waals surface area contributed by atoms with Gasteiger partial charge in [-0.2, -0.15) is 17.5 Å². The predicted molar refractivity (Wildman–Crippen MR) is 150 cm³/mol. The summed E-state index contributed by atoms with van der Waals surface area (Å²) in [6.45, 7) is 2.26. The predicted octanol–water partition coefficient (Wildman–Crippen LogP) is 6.31. The summed E-state index contributed by atoms with van der Waals surface area (Å²) >= 11 is 0. The second kappa shape index (κ2) is 10.3. The highest BCUT2D eigenvalue weighted by atomic mass is 32.3. The van der Waals surface area contributed by atoms with Gasteiger partial charge in [0.1, 0.15) is 0 Å². The molecule has 4 aromatic rings. The van der Waals surface area contributed by atoms with Gasteiger partial charge in [0.05, 0.1) is 21.7 Å². The maximum atomic E-state index is 13.5. The summed E-state index contributed by atoms with van der Waals surface area (Å²) in [6.07, 6.45) is 0.0714. The maximum absolute atomic E-state index is 13.5. The Morgan fingerprint density at radius 3 is 2.60 bits per heavy atom. The van der Waals surface area contributed by atoms with Crippen LogP contribution in [0.4, 0.5) is 13.2 Å². The van der Waals surface area contributed by atoms with E-state index in [0.29, 0.717) is 28.9 Å². The van der Waals surface area contributed by atoms with Gasteiger partial charge in [0.2, 0.25) is 0 Å². The molecule has 0 bridgehead atoms. The first-order chi connectivity index (χ1) is 19.8. The van der Waals surface area contributed by atoms with Gasteiger partial charge in [-0.05, 0) is 60.2 Å². The highest BCUT2D eigenvalue weighted by Gasteiger charge is 2.45. The molecule has 222 valence electrons. The lowest BCUT2D eigenvalue weighted by Crippen LogP contribution is -2.30. The lowest BCUT2D eigenvalue weighted by Gasteiger charge is -2.43. The summed E-state index contributed by atoms with van der Waals surface area (Å²) in [5, 5.41) is 18.1. The zero-order chi connectivity index (χ0) is 30.0. The molecule has 1 aliphatic carbocycles. The summed E-state index contributed by atoms with van der Waals surface area (Å²) < 4.78 is 68.1. The van der Waals surface area contributed by atoms with Crippen molar-refractivity contribution in [1.82, 2.24) is 23.9 Å². The fourth-order valence-corrected chi connectivity index (χ4v) is 7.79. The Morgan fingerprint density at radius 2 is 1.90 bits per heavy atom. The van der Waals surface area contributed by atoms with Crippen LogP contribution in [0.2, 0.25) is 0 Å². The number of rotatable bonds is 6. The van der Waals surface area contributed by atoms with Crippen LogP contribution in [0.1, 0.15) is 63.6 Å². The van der Waals surface area contributed by atoms with Gasteiger partial charge in [-0.1, -0.05) is 30.3 Å². The minimum atomic E-state index is -4.61. The fourth-order valence-electron chi connectivity index (χ4n) is 5.94. The lowest BCUT2D eigenvalue weighted by molar-refractivity contribution is -0.137. The average Bonchev–Trinajstić information content (AvgIpc) is 3.39. The molecule has 13 heteroatoms. The van der Waals surface area contributed by atoms with Crippen LogP contribution in [0.25, 0.3) is 5.69 Å². The van der Waals surface area contributed by atoms with Gasteiger partial charge in [-0.15, -0.1) is 15.9 Å². The van der Waals surface area contributed by atoms with Crippen molar-refractivity contribution < 1.29 is 32.2 Å². The number of nitrogens with zero attached hydrogens (tertiary/aromatic N) is 5. The minimum absolute atomic E-state index is 0.0422. The Kier molecular flexibility index (Phi) is 6.96. The number of alkyl halides is 3. The van der Waals surface area contributed by atoms with Crippen molar-refractivity contribution >= 4 is 16.7 Å². The summed E-state index contributed by atoms with van der Waals surface area (Å²) in [5.41, 5.74) is 2.61. The van der Waals surface area contributed by atoms with E-state index in [2.05, 4.69) is 10.3 Å². The standard InChI is InChI=1S/C29H30F3N5O4S/c1-17-10-19-6-7-20(29(30,31)32)12-26(19)42(40,41)36(14-17)15-18-4-3-5-21(11-18)37-9-8-22(28(38)39)27(37)24-13-23(24)25-16-35(2)34-33-25/h3-9,11-12,16-17,23-24,40-41H,10,13-15H2,1-2H3,(H,38,39)/t17?,23-,24-/m1/s1. The number of halogens is 3. The third kappa shape index (κ3) is 5.21. The SMILES string of the molecule is CC1Cc2ccc(C(F)(F)F)cc2S(O)(O)N(Cc2cccc(-n3ccc(C(=O)O)c3[C@@H]3C[C@H]3c3cn(C)nn3)c2)C1. The zero-order valence-electron chi connectivity index (χ0n) is 22.9. The van der Waals surface area contributed by atoms with E-state index in [1.165, 1.54) is 10.4 Å². The van der Waals surface area contributed by atoms with E-state index in [9.17, 15) is 32.2 Å². The van der Waals surface area contributed by atoms with Crippen molar-refractivity contribution in [2.45, 2.75) is 49.2 Å². The highest BCUT2D eigenvalue weighted by Crippen LogP contribution is 2.57. The quantitative estimate of drug-likeness (QED) is 0.237. The van der Waals surface area contributed by atoms with Crippen molar-refractivity contribution in [2.24, 2.45) is 13.0 Å². The molecule has 1 aliphatic heterocycles. The topological polar surface area (TPSA) is 117 Å². The number of carboxylic acids is 1. The fraction of sp³-hybridized carbons (Fsp3) is 0.345. The molecule has 6 rings (SSSR count). The Morgan fingerprint density at radius 1 is 1.12 bits per heavy atom. The van der Waals surface area contributed by atoms with E-state index in [-0.39, 0.29) is 41.3 Å². The summed E-state index contributed by atoms with van der Waals surface area (Å²) in [7, 11) is -1.95. The van der Waals surface area contributed by atoms with Crippen molar-refractivity contribution in [3.63, 3.8) is 0 Å². The van der Waals surface area contributed by atoms with Crippen LogP contribution in [-0.2, 0) is 26.2 Å². The molecule has 0 saturated heterocycles. The molecule has 0 radical (unpaired) electrons.